The summed E-state index contributed by atoms with van der Waals surface area (Å²) in [6.45, 7) is 2.27. The van der Waals surface area contributed by atoms with Crippen LogP contribution in [0.25, 0.3) is 0 Å². The first-order chi connectivity index (χ1) is 7.25. The Morgan fingerprint density at radius 2 is 2.07 bits per heavy atom. The van der Waals surface area contributed by atoms with Gasteiger partial charge in [-0.25, -0.2) is 0 Å². The van der Waals surface area contributed by atoms with E-state index in [1.807, 2.05) is 24.3 Å². The first-order valence-corrected chi connectivity index (χ1v) is 5.50. The van der Waals surface area contributed by atoms with E-state index >= 15 is 0 Å². The van der Waals surface area contributed by atoms with Crippen molar-refractivity contribution in [3.05, 3.63) is 34.9 Å². The third-order valence-corrected chi connectivity index (χ3v) is 2.92. The lowest BCUT2D eigenvalue weighted by molar-refractivity contribution is 0.162. The van der Waals surface area contributed by atoms with Crippen molar-refractivity contribution in [2.75, 3.05) is 13.1 Å². The standard InChI is InChI=1S/C11H15ClN2O/c12-9-3-1-8(2-4-9)5-14-10-6-13-7-11(10)15/h1-4,10-11,13-15H,5-7H2/t10-,11-/m1/s1. The van der Waals surface area contributed by atoms with E-state index in [0.29, 0.717) is 6.54 Å². The number of rotatable bonds is 3. The van der Waals surface area contributed by atoms with Crippen LogP contribution in [0.1, 0.15) is 5.56 Å². The second-order valence-corrected chi connectivity index (χ2v) is 4.28. The molecule has 3 nitrogen and oxygen atoms in total. The fraction of sp³-hybridized carbons (Fsp3) is 0.455. The molecule has 4 heteroatoms. The Balaban J connectivity index is 1.85. The van der Waals surface area contributed by atoms with Crippen LogP contribution >= 0.6 is 11.6 Å². The first-order valence-electron chi connectivity index (χ1n) is 5.12. The van der Waals surface area contributed by atoms with E-state index in [4.69, 9.17) is 11.6 Å². The summed E-state index contributed by atoms with van der Waals surface area (Å²) in [5.41, 5.74) is 1.18. The zero-order chi connectivity index (χ0) is 10.7. The smallest absolute Gasteiger partial charge is 0.0829 e. The van der Waals surface area contributed by atoms with E-state index in [9.17, 15) is 5.11 Å². The molecule has 0 amide bonds. The maximum atomic E-state index is 9.56. The van der Waals surface area contributed by atoms with Gasteiger partial charge in [-0.2, -0.15) is 0 Å². The molecule has 1 saturated heterocycles. The highest BCUT2D eigenvalue weighted by molar-refractivity contribution is 6.30. The summed E-state index contributed by atoms with van der Waals surface area (Å²) >= 11 is 5.79. The molecule has 2 atom stereocenters. The largest absolute Gasteiger partial charge is 0.390 e. The number of β-amino-alcohol motifs (C(OH)–C–C–N with tert-alkyl or cyclic N) is 1. The van der Waals surface area contributed by atoms with Gasteiger partial charge in [-0.15, -0.1) is 0 Å². The molecular formula is C11H15ClN2O. The Bertz CT molecular complexity index is 315. The molecular weight excluding hydrogens is 212 g/mol. The zero-order valence-electron chi connectivity index (χ0n) is 8.41. The number of aliphatic hydroxyl groups is 1. The fourth-order valence-electron chi connectivity index (χ4n) is 1.72. The Morgan fingerprint density at radius 3 is 2.67 bits per heavy atom. The topological polar surface area (TPSA) is 44.3 Å². The second kappa shape index (κ2) is 4.94. The minimum Gasteiger partial charge on any atom is -0.390 e. The lowest BCUT2D eigenvalue weighted by Gasteiger charge is -2.15. The predicted molar refractivity (Wildman–Crippen MR) is 61.0 cm³/mol. The van der Waals surface area contributed by atoms with Gasteiger partial charge in [0.1, 0.15) is 0 Å². The summed E-state index contributed by atoms with van der Waals surface area (Å²) in [6, 6.07) is 7.89. The number of hydrogen-bond acceptors (Lipinski definition) is 3. The normalized spacial score (nSPS) is 25.7. The van der Waals surface area contributed by atoms with Crippen LogP contribution in [-0.4, -0.2) is 30.3 Å². The highest BCUT2D eigenvalue weighted by atomic mass is 35.5. The summed E-state index contributed by atoms with van der Waals surface area (Å²) in [4.78, 5) is 0. The molecule has 0 saturated carbocycles. The van der Waals surface area contributed by atoms with Crippen molar-refractivity contribution in [2.24, 2.45) is 0 Å². The minimum atomic E-state index is -0.280. The van der Waals surface area contributed by atoms with Crippen LogP contribution in [0.4, 0.5) is 0 Å². The van der Waals surface area contributed by atoms with Gasteiger partial charge in [0.2, 0.25) is 0 Å². The molecule has 0 spiro atoms. The summed E-state index contributed by atoms with van der Waals surface area (Å²) < 4.78 is 0. The van der Waals surface area contributed by atoms with Crippen LogP contribution in [0.2, 0.25) is 5.02 Å². The molecule has 0 unspecified atom stereocenters. The molecule has 0 radical (unpaired) electrons. The molecule has 1 heterocycles. The molecule has 1 fully saturated rings. The molecule has 0 bridgehead atoms. The van der Waals surface area contributed by atoms with Gasteiger partial charge in [-0.3, -0.25) is 0 Å². The van der Waals surface area contributed by atoms with Crippen molar-refractivity contribution in [3.63, 3.8) is 0 Å². The van der Waals surface area contributed by atoms with E-state index in [1.54, 1.807) is 0 Å². The van der Waals surface area contributed by atoms with E-state index in [2.05, 4.69) is 10.6 Å². The Morgan fingerprint density at radius 1 is 1.33 bits per heavy atom. The summed E-state index contributed by atoms with van der Waals surface area (Å²) in [6.07, 6.45) is -0.280. The quantitative estimate of drug-likeness (QED) is 0.713. The first kappa shape index (κ1) is 10.9. The van der Waals surface area contributed by atoms with Crippen molar-refractivity contribution in [2.45, 2.75) is 18.7 Å². The van der Waals surface area contributed by atoms with Gasteiger partial charge in [0.05, 0.1) is 6.10 Å². The van der Waals surface area contributed by atoms with E-state index in [1.165, 1.54) is 5.56 Å². The number of benzene rings is 1. The van der Waals surface area contributed by atoms with E-state index < -0.39 is 0 Å². The summed E-state index contributed by atoms with van der Waals surface area (Å²) in [5.74, 6) is 0. The fourth-order valence-corrected chi connectivity index (χ4v) is 1.85. The highest BCUT2D eigenvalue weighted by Crippen LogP contribution is 2.10. The number of hydrogen-bond donors (Lipinski definition) is 3. The number of nitrogens with one attached hydrogen (secondary N) is 2. The SMILES string of the molecule is O[C@@H]1CNC[C@H]1NCc1ccc(Cl)cc1. The average Bonchev–Trinajstić information content (AvgIpc) is 2.63. The van der Waals surface area contributed by atoms with Crippen LogP contribution in [0.15, 0.2) is 24.3 Å². The van der Waals surface area contributed by atoms with Crippen molar-refractivity contribution in [1.29, 1.82) is 0 Å². The average molecular weight is 227 g/mol. The molecule has 3 N–H and O–H groups in total. The molecule has 1 aliphatic rings. The Kier molecular flexibility index (Phi) is 3.59. The van der Waals surface area contributed by atoms with Crippen LogP contribution in [0, 0.1) is 0 Å². The Labute approximate surface area is 94.4 Å². The van der Waals surface area contributed by atoms with E-state index in [0.717, 1.165) is 18.1 Å². The lowest BCUT2D eigenvalue weighted by Crippen LogP contribution is -2.38. The molecule has 1 aromatic rings. The molecule has 82 valence electrons. The predicted octanol–water partition coefficient (Wildman–Crippen LogP) is 0.762. The monoisotopic (exact) mass is 226 g/mol. The van der Waals surface area contributed by atoms with Crippen LogP contribution in [-0.2, 0) is 6.54 Å². The van der Waals surface area contributed by atoms with Gasteiger partial charge in [-0.05, 0) is 17.7 Å². The Hall–Kier alpha value is -0.610. The summed E-state index contributed by atoms with van der Waals surface area (Å²) in [7, 11) is 0. The molecule has 15 heavy (non-hydrogen) atoms. The van der Waals surface area contributed by atoms with Gasteiger partial charge in [0.15, 0.2) is 0 Å². The molecule has 0 aromatic heterocycles. The number of halogens is 1. The van der Waals surface area contributed by atoms with Crippen molar-refractivity contribution >= 4 is 11.6 Å². The highest BCUT2D eigenvalue weighted by Gasteiger charge is 2.23. The lowest BCUT2D eigenvalue weighted by atomic mass is 10.2. The molecule has 1 aliphatic heterocycles. The second-order valence-electron chi connectivity index (χ2n) is 3.84. The van der Waals surface area contributed by atoms with Gasteiger partial charge in [0.25, 0.3) is 0 Å². The zero-order valence-corrected chi connectivity index (χ0v) is 9.17. The summed E-state index contributed by atoms with van der Waals surface area (Å²) in [5, 5.41) is 16.8. The van der Waals surface area contributed by atoms with Crippen LogP contribution in [0.5, 0.6) is 0 Å². The van der Waals surface area contributed by atoms with Crippen molar-refractivity contribution in [1.82, 2.24) is 10.6 Å². The third-order valence-electron chi connectivity index (χ3n) is 2.66. The van der Waals surface area contributed by atoms with Gasteiger partial charge >= 0.3 is 0 Å². The van der Waals surface area contributed by atoms with Crippen LogP contribution < -0.4 is 10.6 Å². The number of aliphatic hydroxyl groups excluding tert-OH is 1. The third kappa shape index (κ3) is 2.92. The van der Waals surface area contributed by atoms with Crippen LogP contribution in [0.3, 0.4) is 0 Å². The minimum absolute atomic E-state index is 0.153. The van der Waals surface area contributed by atoms with Gasteiger partial charge < -0.3 is 15.7 Å². The van der Waals surface area contributed by atoms with E-state index in [-0.39, 0.29) is 12.1 Å². The maximum absolute atomic E-state index is 9.56. The van der Waals surface area contributed by atoms with Crippen molar-refractivity contribution in [3.8, 4) is 0 Å². The molecule has 2 rings (SSSR count). The molecule has 1 aromatic carbocycles. The maximum Gasteiger partial charge on any atom is 0.0829 e. The van der Waals surface area contributed by atoms with Crippen molar-refractivity contribution < 1.29 is 5.11 Å². The molecule has 0 aliphatic carbocycles. The van der Waals surface area contributed by atoms with Gasteiger partial charge in [-0.1, -0.05) is 23.7 Å². The van der Waals surface area contributed by atoms with Gasteiger partial charge in [0, 0.05) is 30.7 Å².